The van der Waals surface area contributed by atoms with Gasteiger partial charge in [0.15, 0.2) is 0 Å². The predicted molar refractivity (Wildman–Crippen MR) is 144 cm³/mol. The van der Waals surface area contributed by atoms with Crippen LogP contribution in [0.2, 0.25) is 0 Å². The van der Waals surface area contributed by atoms with Crippen molar-refractivity contribution < 1.29 is 17.9 Å². The number of hydrogen-bond acceptors (Lipinski definition) is 4. The fourth-order valence-electron chi connectivity index (χ4n) is 5.35. The topological polar surface area (TPSA) is 75.7 Å². The Bertz CT molecular complexity index is 1060. The van der Waals surface area contributed by atoms with Crippen LogP contribution < -0.4 is 10.1 Å². The largest absolute Gasteiger partial charge is 0.496 e. The van der Waals surface area contributed by atoms with E-state index >= 15 is 0 Å². The molecule has 1 heterocycles. The molecule has 2 aliphatic rings. The molecule has 1 saturated heterocycles. The quantitative estimate of drug-likeness (QED) is 0.513. The Balaban J connectivity index is 0.00000216. The van der Waals surface area contributed by atoms with Gasteiger partial charge in [-0.1, -0.05) is 77.6 Å². The average molecular weight is 505 g/mol. The van der Waals surface area contributed by atoms with Crippen molar-refractivity contribution >= 4 is 26.7 Å². The number of rotatable bonds is 6. The zero-order valence-electron chi connectivity index (χ0n) is 19.6. The van der Waals surface area contributed by atoms with Crippen molar-refractivity contribution in [3.63, 3.8) is 0 Å². The third kappa shape index (κ3) is 6.56. The van der Waals surface area contributed by atoms with Crippen LogP contribution in [0.25, 0.3) is 10.8 Å². The van der Waals surface area contributed by atoms with Gasteiger partial charge in [-0.2, -0.15) is 4.31 Å². The fourth-order valence-corrected chi connectivity index (χ4v) is 7.24. The average Bonchev–Trinajstić information content (AvgIpc) is 2.81. The van der Waals surface area contributed by atoms with E-state index in [1.807, 2.05) is 24.3 Å². The number of carbonyl (C=O) groups excluding carboxylic acids is 1. The van der Waals surface area contributed by atoms with Gasteiger partial charge in [0.05, 0.1) is 12.0 Å². The van der Waals surface area contributed by atoms with Gasteiger partial charge >= 0.3 is 0 Å². The number of nitrogens with one attached hydrogen (secondary N) is 1. The summed E-state index contributed by atoms with van der Waals surface area (Å²) in [5.41, 5.74) is 0. The summed E-state index contributed by atoms with van der Waals surface area (Å²) in [6.07, 6.45) is 10.3. The summed E-state index contributed by atoms with van der Waals surface area (Å²) in [5.74, 6) is 0.811. The van der Waals surface area contributed by atoms with E-state index in [0.29, 0.717) is 29.1 Å². The van der Waals surface area contributed by atoms with Gasteiger partial charge in [-0.3, -0.25) is 4.79 Å². The third-order valence-corrected chi connectivity index (χ3v) is 9.22. The molecule has 1 saturated carbocycles. The summed E-state index contributed by atoms with van der Waals surface area (Å²) >= 11 is 0. The van der Waals surface area contributed by atoms with Gasteiger partial charge in [0.2, 0.25) is 15.9 Å². The van der Waals surface area contributed by atoms with E-state index in [1.54, 1.807) is 23.5 Å². The van der Waals surface area contributed by atoms with Crippen LogP contribution in [0.4, 0.5) is 0 Å². The van der Waals surface area contributed by atoms with Gasteiger partial charge in [0, 0.05) is 35.8 Å². The number of methoxy groups -OCH3 is 1. The zero-order chi connectivity index (χ0) is 23.3. The Morgan fingerprint density at radius 1 is 0.914 bits per heavy atom. The second-order valence-corrected chi connectivity index (χ2v) is 11.2. The van der Waals surface area contributed by atoms with Crippen LogP contribution in [-0.4, -0.2) is 44.9 Å². The highest BCUT2D eigenvalue weighted by Gasteiger charge is 2.35. The molecule has 1 aliphatic carbocycles. The lowest BCUT2D eigenvalue weighted by atomic mass is 9.90. The van der Waals surface area contributed by atoms with Crippen molar-refractivity contribution in [1.29, 1.82) is 0 Å². The Morgan fingerprint density at radius 3 is 2.23 bits per heavy atom. The summed E-state index contributed by atoms with van der Waals surface area (Å²) in [5, 5.41) is 4.57. The standard InChI is InChI=1S/C26H36N2O4S.2CH4/c1-32-24-16-17-25(23-15-8-7-14-22(23)24)33(30,31)28-18-10-9-13-21(28)19-27-26(29)20-11-5-3-2-4-6-12-20;;/h7-8,14-17,20-21H,2-6,9-13,18-19H2,1H3,(H,27,29);2*1H4. The van der Waals surface area contributed by atoms with Gasteiger partial charge < -0.3 is 10.1 Å². The number of fused-ring (bicyclic) bond motifs is 1. The van der Waals surface area contributed by atoms with Crippen molar-refractivity contribution in [2.24, 2.45) is 5.92 Å². The minimum atomic E-state index is -3.72. The molecule has 0 spiro atoms. The first-order valence-corrected chi connectivity index (χ1v) is 13.8. The van der Waals surface area contributed by atoms with E-state index in [2.05, 4.69) is 5.32 Å². The smallest absolute Gasteiger partial charge is 0.244 e. The van der Waals surface area contributed by atoms with E-state index in [1.165, 1.54) is 19.3 Å². The van der Waals surface area contributed by atoms with Crippen LogP contribution in [0.5, 0.6) is 5.75 Å². The summed E-state index contributed by atoms with van der Waals surface area (Å²) in [4.78, 5) is 13.2. The first kappa shape index (κ1) is 29.1. The van der Waals surface area contributed by atoms with Gasteiger partial charge in [-0.25, -0.2) is 8.42 Å². The predicted octanol–water partition coefficient (Wildman–Crippen LogP) is 6.14. The van der Waals surface area contributed by atoms with Crippen molar-refractivity contribution in [2.45, 2.75) is 90.0 Å². The maximum absolute atomic E-state index is 13.8. The molecule has 7 heteroatoms. The molecule has 2 fully saturated rings. The van der Waals surface area contributed by atoms with E-state index in [4.69, 9.17) is 4.74 Å². The molecule has 6 nitrogen and oxygen atoms in total. The van der Waals surface area contributed by atoms with Crippen LogP contribution in [0.15, 0.2) is 41.3 Å². The molecule has 1 unspecified atom stereocenters. The Kier molecular flexibility index (Phi) is 11.0. The summed E-state index contributed by atoms with van der Waals surface area (Å²) in [6, 6.07) is 10.6. The molecule has 2 aromatic rings. The highest BCUT2D eigenvalue weighted by atomic mass is 32.2. The highest BCUT2D eigenvalue weighted by molar-refractivity contribution is 7.89. The van der Waals surface area contributed by atoms with Gasteiger partial charge in [-0.05, 0) is 37.8 Å². The third-order valence-electron chi connectivity index (χ3n) is 7.21. The van der Waals surface area contributed by atoms with Gasteiger partial charge in [0.25, 0.3) is 0 Å². The van der Waals surface area contributed by atoms with Crippen molar-refractivity contribution in [1.82, 2.24) is 9.62 Å². The molecule has 4 rings (SSSR count). The number of ether oxygens (including phenoxy) is 1. The van der Waals surface area contributed by atoms with E-state index in [9.17, 15) is 13.2 Å². The van der Waals surface area contributed by atoms with Gasteiger partial charge in [0.1, 0.15) is 5.75 Å². The molecule has 196 valence electrons. The molecule has 1 amide bonds. The van der Waals surface area contributed by atoms with Crippen LogP contribution in [0, 0.1) is 5.92 Å². The number of nitrogens with zero attached hydrogens (tertiary/aromatic N) is 1. The lowest BCUT2D eigenvalue weighted by molar-refractivity contribution is -0.125. The zero-order valence-corrected chi connectivity index (χ0v) is 20.4. The summed E-state index contributed by atoms with van der Waals surface area (Å²) < 4.78 is 34.7. The second kappa shape index (κ2) is 13.3. The number of piperidine rings is 1. The minimum absolute atomic E-state index is 0. The minimum Gasteiger partial charge on any atom is -0.496 e. The number of benzene rings is 2. The molecule has 1 aliphatic heterocycles. The van der Waals surface area contributed by atoms with Crippen molar-refractivity contribution in [3.8, 4) is 5.75 Å². The lowest BCUT2D eigenvalue weighted by Crippen LogP contribution is -2.50. The normalized spacial score (nSPS) is 20.1. The van der Waals surface area contributed by atoms with Gasteiger partial charge in [-0.15, -0.1) is 0 Å². The first-order chi connectivity index (χ1) is 16.0. The second-order valence-electron chi connectivity index (χ2n) is 9.36. The first-order valence-electron chi connectivity index (χ1n) is 12.4. The van der Waals surface area contributed by atoms with E-state index in [-0.39, 0.29) is 32.7 Å². The summed E-state index contributed by atoms with van der Waals surface area (Å²) in [7, 11) is -2.13. The number of carbonyl (C=O) groups is 1. The van der Waals surface area contributed by atoms with Crippen molar-refractivity contribution in [2.75, 3.05) is 20.2 Å². The fraction of sp³-hybridized carbons (Fsp3) is 0.607. The molecule has 0 aromatic heterocycles. The molecular weight excluding hydrogens is 460 g/mol. The maximum Gasteiger partial charge on any atom is 0.244 e. The Hall–Kier alpha value is -2.12. The number of sulfonamides is 1. The Labute approximate surface area is 212 Å². The Morgan fingerprint density at radius 2 is 1.54 bits per heavy atom. The molecule has 35 heavy (non-hydrogen) atoms. The number of amides is 1. The lowest BCUT2D eigenvalue weighted by Gasteiger charge is -2.35. The van der Waals surface area contributed by atoms with Crippen molar-refractivity contribution in [3.05, 3.63) is 36.4 Å². The molecule has 2 aromatic carbocycles. The highest BCUT2D eigenvalue weighted by Crippen LogP contribution is 2.34. The molecule has 1 N–H and O–H groups in total. The van der Waals surface area contributed by atoms with E-state index in [0.717, 1.165) is 50.3 Å². The van der Waals surface area contributed by atoms with Crippen LogP contribution in [0.3, 0.4) is 0 Å². The molecule has 1 atom stereocenters. The van der Waals surface area contributed by atoms with Crippen LogP contribution in [0.1, 0.15) is 79.1 Å². The number of hydrogen-bond donors (Lipinski definition) is 1. The monoisotopic (exact) mass is 504 g/mol. The molecule has 0 radical (unpaired) electrons. The summed E-state index contributed by atoms with van der Waals surface area (Å²) in [6.45, 7) is 0.856. The van der Waals surface area contributed by atoms with Crippen LogP contribution >= 0.6 is 0 Å². The molecule has 0 bridgehead atoms. The van der Waals surface area contributed by atoms with Crippen LogP contribution in [-0.2, 0) is 14.8 Å². The molecular formula is C28H44N2O4S. The maximum atomic E-state index is 13.8. The SMILES string of the molecule is C.C.COc1ccc(S(=O)(=O)N2CCCCC2CNC(=O)C2CCCCCCC2)c2ccccc12. The van der Waals surface area contributed by atoms with E-state index < -0.39 is 10.0 Å².